The van der Waals surface area contributed by atoms with Gasteiger partial charge in [-0.15, -0.1) is 0 Å². The quantitative estimate of drug-likeness (QED) is 0.687. The van der Waals surface area contributed by atoms with E-state index >= 15 is 0 Å². The summed E-state index contributed by atoms with van der Waals surface area (Å²) in [6.45, 7) is 16.3. The number of carbonyl (C=O) groups is 1. The number of nitrogens with zero attached hydrogens (tertiary/aromatic N) is 3. The molecule has 0 bridgehead atoms. The Morgan fingerprint density at radius 1 is 1.19 bits per heavy atom. The molecule has 1 saturated heterocycles. The van der Waals surface area contributed by atoms with Gasteiger partial charge in [-0.3, -0.25) is 0 Å². The van der Waals surface area contributed by atoms with E-state index in [0.717, 1.165) is 17.0 Å². The van der Waals surface area contributed by atoms with E-state index in [2.05, 4.69) is 37.8 Å². The van der Waals surface area contributed by atoms with Gasteiger partial charge in [0.25, 0.3) is 0 Å². The summed E-state index contributed by atoms with van der Waals surface area (Å²) in [7, 11) is 0. The number of carbonyl (C=O) groups excluding carboxylic acids is 1. The third-order valence-corrected chi connectivity index (χ3v) is 5.61. The van der Waals surface area contributed by atoms with E-state index in [4.69, 9.17) is 14.5 Å². The zero-order valence-corrected chi connectivity index (χ0v) is 19.6. The van der Waals surface area contributed by atoms with Gasteiger partial charge in [-0.05, 0) is 0 Å². The summed E-state index contributed by atoms with van der Waals surface area (Å²) in [4.78, 5) is 21.4. The van der Waals surface area contributed by atoms with Gasteiger partial charge in [-0.1, -0.05) is 0 Å². The van der Waals surface area contributed by atoms with E-state index in [0.29, 0.717) is 26.2 Å². The molecule has 1 amide bonds. The van der Waals surface area contributed by atoms with Crippen LogP contribution in [0.1, 0.15) is 47.1 Å². The standard InChI is InChI=1S/C24H34BN3O3/c1-17-14-26-19(3)21-15-27(23(29)31-24(4,5)6)12-13-28(21)22(25-18(17)2)30-16-20-10-8-7-9-11-20/h7-11,14,18,21H,12-13,15-16H2,1-6H3/b17-14-,26-19?. The fourth-order valence-corrected chi connectivity index (χ4v) is 3.61. The molecule has 2 heterocycles. The molecule has 166 valence electrons. The van der Waals surface area contributed by atoms with E-state index in [1.54, 1.807) is 4.90 Å². The van der Waals surface area contributed by atoms with E-state index in [1.807, 2.05) is 52.1 Å². The van der Waals surface area contributed by atoms with Crippen LogP contribution in [0, 0.1) is 0 Å². The van der Waals surface area contributed by atoms with Crippen LogP contribution < -0.4 is 0 Å². The fraction of sp³-hybridized carbons (Fsp3) is 0.542. The van der Waals surface area contributed by atoms with Crippen LogP contribution in [0.4, 0.5) is 4.79 Å². The molecular formula is C24H34BN3O3. The molecule has 1 aromatic carbocycles. The number of allylic oxidation sites excluding steroid dienone is 1. The van der Waals surface area contributed by atoms with Crippen LogP contribution >= 0.6 is 0 Å². The van der Waals surface area contributed by atoms with Crippen molar-refractivity contribution in [3.05, 3.63) is 47.7 Å². The fourth-order valence-electron chi connectivity index (χ4n) is 3.61. The van der Waals surface area contributed by atoms with Crippen LogP contribution in [-0.2, 0) is 16.1 Å². The molecule has 2 aliphatic rings. The topological polar surface area (TPSA) is 54.4 Å². The number of rotatable bonds is 3. The van der Waals surface area contributed by atoms with E-state index in [9.17, 15) is 4.79 Å². The summed E-state index contributed by atoms with van der Waals surface area (Å²) < 4.78 is 12.0. The van der Waals surface area contributed by atoms with Crippen molar-refractivity contribution in [2.45, 2.75) is 65.6 Å². The number of hydrogen-bond donors (Lipinski definition) is 0. The first kappa shape index (κ1) is 23.1. The number of hydrogen-bond acceptors (Lipinski definition) is 5. The maximum absolute atomic E-state index is 12.7. The molecule has 1 fully saturated rings. The molecule has 0 spiro atoms. The first-order chi connectivity index (χ1) is 14.6. The van der Waals surface area contributed by atoms with Crippen molar-refractivity contribution in [1.82, 2.24) is 9.80 Å². The molecule has 6 nitrogen and oxygen atoms in total. The normalized spacial score (nSPS) is 23.6. The molecule has 0 aromatic heterocycles. The molecule has 31 heavy (non-hydrogen) atoms. The Bertz CT molecular complexity index is 874. The van der Waals surface area contributed by atoms with Gasteiger partial charge in [0.15, 0.2) is 0 Å². The Morgan fingerprint density at radius 3 is 2.58 bits per heavy atom. The molecule has 3 rings (SSSR count). The minimum atomic E-state index is -0.519. The zero-order chi connectivity index (χ0) is 22.6. The second-order valence-electron chi connectivity index (χ2n) is 9.35. The summed E-state index contributed by atoms with van der Waals surface area (Å²) >= 11 is 0. The van der Waals surface area contributed by atoms with Crippen molar-refractivity contribution in [1.29, 1.82) is 0 Å². The van der Waals surface area contributed by atoms with Gasteiger partial charge in [-0.25, -0.2) is 0 Å². The Kier molecular flexibility index (Phi) is 7.24. The van der Waals surface area contributed by atoms with Gasteiger partial charge < -0.3 is 0 Å². The first-order valence-corrected chi connectivity index (χ1v) is 11.0. The second kappa shape index (κ2) is 9.71. The summed E-state index contributed by atoms with van der Waals surface area (Å²) in [5, 5.41) is 0. The zero-order valence-electron chi connectivity index (χ0n) is 19.6. The van der Waals surface area contributed by atoms with Crippen LogP contribution in [0.5, 0.6) is 0 Å². The first-order valence-electron chi connectivity index (χ1n) is 11.0. The number of amides is 1. The van der Waals surface area contributed by atoms with Crippen molar-refractivity contribution in [2.75, 3.05) is 19.6 Å². The van der Waals surface area contributed by atoms with Crippen molar-refractivity contribution >= 4 is 24.5 Å². The van der Waals surface area contributed by atoms with E-state index < -0.39 is 5.60 Å². The van der Waals surface area contributed by atoms with Crippen molar-refractivity contribution in [3.63, 3.8) is 0 Å². The molecule has 0 saturated carbocycles. The number of benzene rings is 1. The second-order valence-corrected chi connectivity index (χ2v) is 9.35. The monoisotopic (exact) mass is 423 g/mol. The number of aliphatic imine (C=N–C) groups is 1. The van der Waals surface area contributed by atoms with Gasteiger partial charge in [-0.2, -0.15) is 0 Å². The predicted octanol–water partition coefficient (Wildman–Crippen LogP) is 4.10. The van der Waals surface area contributed by atoms with E-state index in [-0.39, 0.29) is 18.0 Å². The Morgan fingerprint density at radius 2 is 1.90 bits per heavy atom. The molecule has 2 unspecified atom stereocenters. The van der Waals surface area contributed by atoms with Gasteiger partial charge in [0.1, 0.15) is 0 Å². The molecule has 2 aliphatic heterocycles. The average Bonchev–Trinajstić information content (AvgIpc) is 2.76. The Hall–Kier alpha value is -2.57. The van der Waals surface area contributed by atoms with Crippen LogP contribution in [-0.4, -0.2) is 65.6 Å². The Labute approximate surface area is 186 Å². The van der Waals surface area contributed by atoms with Crippen LogP contribution in [0.3, 0.4) is 0 Å². The average molecular weight is 423 g/mol. The summed E-state index contributed by atoms with van der Waals surface area (Å²) in [6.07, 6.45) is 1.65. The third kappa shape index (κ3) is 6.22. The summed E-state index contributed by atoms with van der Waals surface area (Å²) in [5.74, 6) is 1.04. The molecule has 0 aliphatic carbocycles. The van der Waals surface area contributed by atoms with Crippen LogP contribution in [0.25, 0.3) is 0 Å². The Balaban J connectivity index is 1.85. The van der Waals surface area contributed by atoms with Crippen molar-refractivity contribution in [3.8, 4) is 0 Å². The van der Waals surface area contributed by atoms with Crippen molar-refractivity contribution in [2.24, 2.45) is 4.99 Å². The molecule has 7 heteroatoms. The molecule has 2 atom stereocenters. The predicted molar refractivity (Wildman–Crippen MR) is 127 cm³/mol. The molecule has 0 radical (unpaired) electrons. The third-order valence-electron chi connectivity index (χ3n) is 5.61. The molecular weight excluding hydrogens is 389 g/mol. The number of ether oxygens (including phenoxy) is 2. The molecule has 0 N–H and O–H groups in total. The van der Waals surface area contributed by atoms with Gasteiger partial charge in [0.2, 0.25) is 0 Å². The summed E-state index contributed by atoms with van der Waals surface area (Å²) in [6, 6.07) is 10.1. The van der Waals surface area contributed by atoms with Gasteiger partial charge in [0, 0.05) is 0 Å². The maximum atomic E-state index is 12.7. The van der Waals surface area contributed by atoms with Crippen molar-refractivity contribution < 1.29 is 14.3 Å². The van der Waals surface area contributed by atoms with Crippen LogP contribution in [0.2, 0.25) is 5.82 Å². The van der Waals surface area contributed by atoms with Gasteiger partial charge in [0.05, 0.1) is 0 Å². The summed E-state index contributed by atoms with van der Waals surface area (Å²) in [5.41, 5.74) is 2.73. The molecule has 1 aromatic rings. The minimum absolute atomic E-state index is 0.0716. The SMILES string of the molecule is CC1=N/C=C(/C)C(C)B=C(OCc2ccccc2)N2CCN(C(=O)OC(C)(C)C)CC12. The van der Waals surface area contributed by atoms with E-state index in [1.165, 1.54) is 5.57 Å². The number of fused-ring (bicyclic) bond motifs is 1. The van der Waals surface area contributed by atoms with Gasteiger partial charge >= 0.3 is 186 Å². The van der Waals surface area contributed by atoms with Crippen LogP contribution in [0.15, 0.2) is 47.1 Å². The number of piperazine rings is 1.